The molecule has 0 radical (unpaired) electrons. The van der Waals surface area contributed by atoms with Gasteiger partial charge in [0.15, 0.2) is 11.5 Å². The molecule has 0 aromatic heterocycles. The second kappa shape index (κ2) is 4.57. The van der Waals surface area contributed by atoms with Gasteiger partial charge < -0.3 is 14.6 Å². The molecule has 17 heavy (non-hydrogen) atoms. The number of carboxylic acid groups (broad SMARTS) is 1. The highest BCUT2D eigenvalue weighted by atomic mass is 19.3. The van der Waals surface area contributed by atoms with Gasteiger partial charge in [-0.05, 0) is 24.1 Å². The minimum atomic E-state index is -2.62. The number of rotatable bonds is 4. The SMILES string of the molecule is O=C(O)CCc1cc(C(F)F)cc2c1OCO2. The van der Waals surface area contributed by atoms with Crippen LogP contribution in [-0.4, -0.2) is 17.9 Å². The summed E-state index contributed by atoms with van der Waals surface area (Å²) in [6, 6.07) is 2.48. The van der Waals surface area contributed by atoms with Crippen molar-refractivity contribution in [1.82, 2.24) is 0 Å². The molecular formula is C11H10F2O4. The lowest BCUT2D eigenvalue weighted by Gasteiger charge is -2.08. The van der Waals surface area contributed by atoms with E-state index >= 15 is 0 Å². The van der Waals surface area contributed by atoms with Crippen molar-refractivity contribution in [2.24, 2.45) is 0 Å². The largest absolute Gasteiger partial charge is 0.481 e. The molecule has 6 heteroatoms. The molecule has 0 aliphatic carbocycles. The molecule has 0 saturated heterocycles. The van der Waals surface area contributed by atoms with Crippen LogP contribution >= 0.6 is 0 Å². The lowest BCUT2D eigenvalue weighted by Crippen LogP contribution is -2.00. The molecule has 1 aliphatic heterocycles. The summed E-state index contributed by atoms with van der Waals surface area (Å²) in [7, 11) is 0. The Balaban J connectivity index is 2.32. The Morgan fingerprint density at radius 1 is 1.41 bits per heavy atom. The van der Waals surface area contributed by atoms with Crippen LogP contribution in [0.5, 0.6) is 11.5 Å². The summed E-state index contributed by atoms with van der Waals surface area (Å²) >= 11 is 0. The lowest BCUT2D eigenvalue weighted by molar-refractivity contribution is -0.136. The van der Waals surface area contributed by atoms with Gasteiger partial charge in [0.05, 0.1) is 0 Å². The topological polar surface area (TPSA) is 55.8 Å². The van der Waals surface area contributed by atoms with Crippen LogP contribution in [0.25, 0.3) is 0 Å². The molecule has 1 aromatic rings. The van der Waals surface area contributed by atoms with Gasteiger partial charge in [-0.2, -0.15) is 0 Å². The van der Waals surface area contributed by atoms with E-state index in [2.05, 4.69) is 0 Å². The summed E-state index contributed by atoms with van der Waals surface area (Å²) in [6.07, 6.45) is -2.61. The first-order valence-corrected chi connectivity index (χ1v) is 5.00. The molecule has 1 aliphatic rings. The van der Waals surface area contributed by atoms with Gasteiger partial charge in [0.2, 0.25) is 6.79 Å². The summed E-state index contributed by atoms with van der Waals surface area (Å²) in [6.45, 7) is -0.0257. The average Bonchev–Trinajstić information content (AvgIpc) is 2.73. The highest BCUT2D eigenvalue weighted by Gasteiger charge is 2.22. The van der Waals surface area contributed by atoms with Gasteiger partial charge in [-0.25, -0.2) is 8.78 Å². The highest BCUT2D eigenvalue weighted by molar-refractivity contribution is 5.67. The molecule has 0 atom stereocenters. The summed E-state index contributed by atoms with van der Waals surface area (Å²) < 4.78 is 35.4. The van der Waals surface area contributed by atoms with E-state index in [1.165, 1.54) is 12.1 Å². The molecule has 0 amide bonds. The maximum Gasteiger partial charge on any atom is 0.303 e. The molecule has 0 saturated carbocycles. The van der Waals surface area contributed by atoms with E-state index in [1.807, 2.05) is 0 Å². The van der Waals surface area contributed by atoms with E-state index in [0.717, 1.165) is 0 Å². The maximum atomic E-state index is 12.6. The van der Waals surface area contributed by atoms with Crippen LogP contribution in [0.4, 0.5) is 8.78 Å². The molecule has 92 valence electrons. The van der Waals surface area contributed by atoms with Crippen molar-refractivity contribution in [3.05, 3.63) is 23.3 Å². The van der Waals surface area contributed by atoms with Gasteiger partial charge >= 0.3 is 5.97 Å². The number of carbonyl (C=O) groups is 1. The van der Waals surface area contributed by atoms with Crippen molar-refractivity contribution in [3.8, 4) is 11.5 Å². The molecule has 1 N–H and O–H groups in total. The molecule has 2 rings (SSSR count). The third kappa shape index (κ3) is 2.46. The predicted molar refractivity (Wildman–Crippen MR) is 53.5 cm³/mol. The van der Waals surface area contributed by atoms with Gasteiger partial charge in [-0.3, -0.25) is 4.79 Å². The number of hydrogen-bond acceptors (Lipinski definition) is 3. The van der Waals surface area contributed by atoms with E-state index in [-0.39, 0.29) is 30.9 Å². The monoisotopic (exact) mass is 244 g/mol. The third-order valence-electron chi connectivity index (χ3n) is 2.43. The molecule has 0 spiro atoms. The fourth-order valence-corrected chi connectivity index (χ4v) is 1.66. The highest BCUT2D eigenvalue weighted by Crippen LogP contribution is 2.39. The number of ether oxygens (including phenoxy) is 2. The van der Waals surface area contributed by atoms with Crippen LogP contribution < -0.4 is 9.47 Å². The molecule has 1 heterocycles. The number of aliphatic carboxylic acids is 1. The maximum absolute atomic E-state index is 12.6. The molecule has 1 aromatic carbocycles. The van der Waals surface area contributed by atoms with Crippen molar-refractivity contribution in [2.45, 2.75) is 19.3 Å². The number of fused-ring (bicyclic) bond motifs is 1. The Labute approximate surface area is 95.8 Å². The second-order valence-corrected chi connectivity index (χ2v) is 3.61. The van der Waals surface area contributed by atoms with Crippen molar-refractivity contribution < 1.29 is 28.2 Å². The molecule has 4 nitrogen and oxygen atoms in total. The zero-order valence-corrected chi connectivity index (χ0v) is 8.78. The van der Waals surface area contributed by atoms with Crippen LogP contribution in [0.15, 0.2) is 12.1 Å². The molecule has 0 fully saturated rings. The first-order valence-electron chi connectivity index (χ1n) is 5.00. The minimum absolute atomic E-state index is 0.0257. The predicted octanol–water partition coefficient (Wildman–Crippen LogP) is 2.37. The molecule has 0 bridgehead atoms. The number of benzene rings is 1. The smallest absolute Gasteiger partial charge is 0.303 e. The van der Waals surface area contributed by atoms with Gasteiger partial charge in [0.25, 0.3) is 6.43 Å². The van der Waals surface area contributed by atoms with E-state index in [1.54, 1.807) is 0 Å². The first kappa shape index (κ1) is 11.6. The number of hydrogen-bond donors (Lipinski definition) is 1. The third-order valence-corrected chi connectivity index (χ3v) is 2.43. The Hall–Kier alpha value is -1.85. The fourth-order valence-electron chi connectivity index (χ4n) is 1.66. The van der Waals surface area contributed by atoms with Crippen molar-refractivity contribution >= 4 is 5.97 Å². The Kier molecular flexibility index (Phi) is 3.12. The number of aryl methyl sites for hydroxylation is 1. The van der Waals surface area contributed by atoms with Crippen LogP contribution in [0, 0.1) is 0 Å². The van der Waals surface area contributed by atoms with Crippen LogP contribution in [0.2, 0.25) is 0 Å². The normalized spacial score (nSPS) is 13.1. The summed E-state index contributed by atoms with van der Waals surface area (Å²) in [4.78, 5) is 10.5. The lowest BCUT2D eigenvalue weighted by atomic mass is 10.0. The quantitative estimate of drug-likeness (QED) is 0.883. The zero-order chi connectivity index (χ0) is 12.4. The number of carboxylic acids is 1. The summed E-state index contributed by atoms with van der Waals surface area (Å²) in [5.41, 5.74) is 0.257. The Bertz CT molecular complexity index is 445. The summed E-state index contributed by atoms with van der Waals surface area (Å²) in [5, 5.41) is 8.58. The minimum Gasteiger partial charge on any atom is -0.481 e. The van der Waals surface area contributed by atoms with Gasteiger partial charge in [0, 0.05) is 12.0 Å². The number of alkyl halides is 2. The Morgan fingerprint density at radius 3 is 2.82 bits per heavy atom. The van der Waals surface area contributed by atoms with Gasteiger partial charge in [-0.1, -0.05) is 0 Å². The molecule has 0 unspecified atom stereocenters. The van der Waals surface area contributed by atoms with Crippen LogP contribution in [-0.2, 0) is 11.2 Å². The van der Waals surface area contributed by atoms with E-state index < -0.39 is 12.4 Å². The summed E-state index contributed by atoms with van der Waals surface area (Å²) in [5.74, 6) is -0.362. The van der Waals surface area contributed by atoms with E-state index in [4.69, 9.17) is 14.6 Å². The first-order chi connectivity index (χ1) is 8.08. The second-order valence-electron chi connectivity index (χ2n) is 3.61. The zero-order valence-electron chi connectivity index (χ0n) is 8.78. The van der Waals surface area contributed by atoms with Crippen LogP contribution in [0.3, 0.4) is 0 Å². The van der Waals surface area contributed by atoms with Crippen LogP contribution in [0.1, 0.15) is 24.0 Å². The van der Waals surface area contributed by atoms with E-state index in [9.17, 15) is 13.6 Å². The Morgan fingerprint density at radius 2 is 2.18 bits per heavy atom. The van der Waals surface area contributed by atoms with Crippen molar-refractivity contribution in [1.29, 1.82) is 0 Å². The van der Waals surface area contributed by atoms with Gasteiger partial charge in [0.1, 0.15) is 0 Å². The van der Waals surface area contributed by atoms with Gasteiger partial charge in [-0.15, -0.1) is 0 Å². The molecular weight excluding hydrogens is 234 g/mol. The standard InChI is InChI=1S/C11H10F2O4/c12-11(13)7-3-6(1-2-9(14)15)10-8(4-7)16-5-17-10/h3-4,11H,1-2,5H2,(H,14,15). The van der Waals surface area contributed by atoms with Crippen molar-refractivity contribution in [3.63, 3.8) is 0 Å². The number of halogens is 2. The fraction of sp³-hybridized carbons (Fsp3) is 0.364. The van der Waals surface area contributed by atoms with Crippen molar-refractivity contribution in [2.75, 3.05) is 6.79 Å². The van der Waals surface area contributed by atoms with E-state index in [0.29, 0.717) is 11.3 Å². The average molecular weight is 244 g/mol.